The lowest BCUT2D eigenvalue weighted by Gasteiger charge is -2.36. The Morgan fingerprint density at radius 2 is 2.09 bits per heavy atom. The number of aliphatic carboxylic acids is 1. The van der Waals surface area contributed by atoms with E-state index >= 15 is 0 Å². The van der Waals surface area contributed by atoms with Crippen LogP contribution in [0.5, 0.6) is 0 Å². The van der Waals surface area contributed by atoms with Gasteiger partial charge < -0.3 is 15.3 Å². The minimum Gasteiger partial charge on any atom is -0.481 e. The molecule has 0 spiro atoms. The number of thioether (sulfide) groups is 1. The number of hydrogen-bond acceptors (Lipinski definition) is 5. The second kappa shape index (κ2) is 7.53. The maximum Gasteiger partial charge on any atom is 0.318 e. The molecule has 0 bridgehead atoms. The summed E-state index contributed by atoms with van der Waals surface area (Å²) in [5.41, 5.74) is 0. The van der Waals surface area contributed by atoms with Gasteiger partial charge in [-0.1, -0.05) is 0 Å². The molecule has 6 nitrogen and oxygen atoms in total. The van der Waals surface area contributed by atoms with Gasteiger partial charge in [0.1, 0.15) is 5.01 Å². The van der Waals surface area contributed by atoms with Crippen LogP contribution in [-0.4, -0.2) is 51.1 Å². The molecule has 23 heavy (non-hydrogen) atoms. The predicted octanol–water partition coefficient (Wildman–Crippen LogP) is 2.59. The third kappa shape index (κ3) is 3.98. The molecule has 0 aromatic carbocycles. The topological polar surface area (TPSA) is 82.5 Å². The third-order valence-corrected chi connectivity index (χ3v) is 6.43. The summed E-state index contributed by atoms with van der Waals surface area (Å²) in [5, 5.41) is 15.1. The molecule has 1 aliphatic heterocycles. The van der Waals surface area contributed by atoms with E-state index in [0.717, 1.165) is 35.9 Å². The Morgan fingerprint density at radius 3 is 2.74 bits per heavy atom. The summed E-state index contributed by atoms with van der Waals surface area (Å²) in [6.07, 6.45) is 4.56. The number of nitrogens with one attached hydrogen (secondary N) is 1. The number of urea groups is 1. The molecule has 8 heteroatoms. The van der Waals surface area contributed by atoms with E-state index in [1.54, 1.807) is 17.5 Å². The fourth-order valence-electron chi connectivity index (χ4n) is 3.19. The molecule has 1 aromatic heterocycles. The Labute approximate surface area is 143 Å². The van der Waals surface area contributed by atoms with E-state index in [4.69, 9.17) is 5.11 Å². The largest absolute Gasteiger partial charge is 0.481 e. The number of carbonyl (C=O) groups excluding carboxylic acids is 1. The number of hydrogen-bond donors (Lipinski definition) is 2. The monoisotopic (exact) mass is 355 g/mol. The number of carboxylic acid groups (broad SMARTS) is 1. The Kier molecular flexibility index (Phi) is 5.42. The van der Waals surface area contributed by atoms with E-state index in [0.29, 0.717) is 12.8 Å². The highest BCUT2D eigenvalue weighted by Crippen LogP contribution is 2.31. The lowest BCUT2D eigenvalue weighted by atomic mass is 9.86. The first-order chi connectivity index (χ1) is 11.1. The van der Waals surface area contributed by atoms with Gasteiger partial charge in [-0.2, -0.15) is 11.8 Å². The van der Waals surface area contributed by atoms with E-state index in [1.165, 1.54) is 0 Å². The fourth-order valence-corrected chi connectivity index (χ4v) is 5.10. The maximum absolute atomic E-state index is 12.7. The van der Waals surface area contributed by atoms with Gasteiger partial charge in [0.2, 0.25) is 0 Å². The molecular formula is C15H21N3O3S2. The summed E-state index contributed by atoms with van der Waals surface area (Å²) in [7, 11) is 0. The van der Waals surface area contributed by atoms with Gasteiger partial charge in [0, 0.05) is 35.7 Å². The molecule has 2 amide bonds. The Hall–Kier alpha value is -1.28. The summed E-state index contributed by atoms with van der Waals surface area (Å²) in [6, 6.07) is 0.0954. The van der Waals surface area contributed by atoms with Crippen molar-refractivity contribution in [2.24, 2.45) is 5.92 Å². The van der Waals surface area contributed by atoms with Crippen LogP contribution in [0.25, 0.3) is 0 Å². The molecule has 1 aromatic rings. The van der Waals surface area contributed by atoms with Gasteiger partial charge in [-0.15, -0.1) is 11.3 Å². The Morgan fingerprint density at radius 1 is 1.30 bits per heavy atom. The van der Waals surface area contributed by atoms with Gasteiger partial charge in [0.15, 0.2) is 0 Å². The molecule has 1 saturated carbocycles. The van der Waals surface area contributed by atoms with Gasteiger partial charge in [0.05, 0.1) is 12.0 Å². The van der Waals surface area contributed by atoms with Crippen molar-refractivity contribution in [3.63, 3.8) is 0 Å². The summed E-state index contributed by atoms with van der Waals surface area (Å²) >= 11 is 3.44. The van der Waals surface area contributed by atoms with E-state index < -0.39 is 5.97 Å². The van der Waals surface area contributed by atoms with Gasteiger partial charge >= 0.3 is 12.0 Å². The van der Waals surface area contributed by atoms with E-state index in [2.05, 4.69) is 10.3 Å². The molecule has 1 unspecified atom stereocenters. The lowest BCUT2D eigenvalue weighted by molar-refractivity contribution is -0.142. The molecule has 2 N–H and O–H groups in total. The van der Waals surface area contributed by atoms with Crippen LogP contribution in [0, 0.1) is 5.92 Å². The molecule has 2 fully saturated rings. The number of aromatic nitrogens is 1. The van der Waals surface area contributed by atoms with Crippen molar-refractivity contribution >= 4 is 35.1 Å². The second-order valence-electron chi connectivity index (χ2n) is 5.99. The molecular weight excluding hydrogens is 334 g/mol. The van der Waals surface area contributed by atoms with Crippen molar-refractivity contribution in [3.8, 4) is 0 Å². The van der Waals surface area contributed by atoms with Crippen LogP contribution in [0.15, 0.2) is 11.6 Å². The van der Waals surface area contributed by atoms with Crippen LogP contribution in [0.3, 0.4) is 0 Å². The van der Waals surface area contributed by atoms with E-state index in [9.17, 15) is 9.59 Å². The smallest absolute Gasteiger partial charge is 0.318 e. The number of nitrogens with zero attached hydrogens (tertiary/aromatic N) is 2. The summed E-state index contributed by atoms with van der Waals surface area (Å²) in [5.74, 6) is 0.859. The van der Waals surface area contributed by atoms with Crippen molar-refractivity contribution in [3.05, 3.63) is 16.6 Å². The third-order valence-electron chi connectivity index (χ3n) is 4.53. The van der Waals surface area contributed by atoms with Crippen LogP contribution in [0.2, 0.25) is 0 Å². The first kappa shape index (κ1) is 16.6. The average molecular weight is 355 g/mol. The van der Waals surface area contributed by atoms with Gasteiger partial charge in [-0.05, 0) is 25.7 Å². The highest BCUT2D eigenvalue weighted by molar-refractivity contribution is 7.99. The fraction of sp³-hybridized carbons (Fsp3) is 0.667. The standard InChI is InChI=1S/C15H21N3O3S2/c19-14(20)10-1-3-11(4-2-10)17-15(21)18-6-8-22-9-12(18)13-16-5-7-23-13/h5,7,10-12H,1-4,6,8-9H2,(H,17,21)(H,19,20). The molecule has 2 aliphatic rings. The highest BCUT2D eigenvalue weighted by atomic mass is 32.2. The SMILES string of the molecule is O=C(O)C1CCC(NC(=O)N2CCSCC2c2nccs2)CC1. The zero-order valence-electron chi connectivity index (χ0n) is 12.8. The lowest BCUT2D eigenvalue weighted by Crippen LogP contribution is -2.50. The number of thiazole rings is 1. The summed E-state index contributed by atoms with van der Waals surface area (Å²) < 4.78 is 0. The average Bonchev–Trinajstić information content (AvgIpc) is 3.09. The van der Waals surface area contributed by atoms with Crippen LogP contribution in [0.1, 0.15) is 36.7 Å². The van der Waals surface area contributed by atoms with Crippen molar-refractivity contribution in [2.75, 3.05) is 18.1 Å². The van der Waals surface area contributed by atoms with Gasteiger partial charge in [-0.3, -0.25) is 4.79 Å². The van der Waals surface area contributed by atoms with Crippen LogP contribution in [0.4, 0.5) is 4.79 Å². The minimum absolute atomic E-state index is 0.0377. The van der Waals surface area contributed by atoms with Crippen molar-refractivity contribution in [1.82, 2.24) is 15.2 Å². The van der Waals surface area contributed by atoms with Crippen molar-refractivity contribution in [2.45, 2.75) is 37.8 Å². The normalized spacial score (nSPS) is 28.3. The molecule has 1 saturated heterocycles. The second-order valence-corrected chi connectivity index (χ2v) is 8.07. The molecule has 1 atom stereocenters. The van der Waals surface area contributed by atoms with Gasteiger partial charge in [-0.25, -0.2) is 9.78 Å². The number of rotatable bonds is 3. The quantitative estimate of drug-likeness (QED) is 0.871. The highest BCUT2D eigenvalue weighted by Gasteiger charge is 2.32. The first-order valence-electron chi connectivity index (χ1n) is 7.92. The minimum atomic E-state index is -0.716. The predicted molar refractivity (Wildman–Crippen MR) is 90.8 cm³/mol. The Bertz CT molecular complexity index is 544. The van der Waals surface area contributed by atoms with E-state index in [1.807, 2.05) is 22.0 Å². The first-order valence-corrected chi connectivity index (χ1v) is 9.95. The summed E-state index contributed by atoms with van der Waals surface area (Å²) in [4.78, 5) is 29.9. The van der Waals surface area contributed by atoms with E-state index in [-0.39, 0.29) is 24.0 Å². The molecule has 126 valence electrons. The van der Waals surface area contributed by atoms with Crippen LogP contribution < -0.4 is 5.32 Å². The van der Waals surface area contributed by atoms with Crippen molar-refractivity contribution < 1.29 is 14.7 Å². The number of carbonyl (C=O) groups is 2. The number of amides is 2. The zero-order valence-corrected chi connectivity index (χ0v) is 14.4. The maximum atomic E-state index is 12.7. The molecule has 1 aliphatic carbocycles. The van der Waals surface area contributed by atoms with Crippen LogP contribution in [-0.2, 0) is 4.79 Å². The van der Waals surface area contributed by atoms with Crippen molar-refractivity contribution in [1.29, 1.82) is 0 Å². The summed E-state index contributed by atoms with van der Waals surface area (Å²) in [6.45, 7) is 0.727. The van der Waals surface area contributed by atoms with Crippen LogP contribution >= 0.6 is 23.1 Å². The Balaban J connectivity index is 1.57. The molecule has 0 radical (unpaired) electrons. The number of carboxylic acids is 1. The molecule has 3 rings (SSSR count). The van der Waals surface area contributed by atoms with Gasteiger partial charge in [0.25, 0.3) is 0 Å². The molecule has 2 heterocycles. The zero-order chi connectivity index (χ0) is 16.2.